The number of hydrogen-bond donors (Lipinski definition) is 1. The van der Waals surface area contributed by atoms with Crippen LogP contribution in [0.2, 0.25) is 0 Å². The first-order valence-electron chi connectivity index (χ1n) is 9.36. The molecule has 166 valence electrons. The minimum absolute atomic E-state index is 0.0772. The molecule has 0 saturated heterocycles. The first-order chi connectivity index (χ1) is 14.4. The van der Waals surface area contributed by atoms with Crippen molar-refractivity contribution in [3.63, 3.8) is 0 Å². The molecule has 0 aromatic heterocycles. The lowest BCUT2D eigenvalue weighted by atomic mass is 9.85. The van der Waals surface area contributed by atoms with Crippen molar-refractivity contribution in [1.82, 2.24) is 5.32 Å². The molecule has 1 amide bonds. The Morgan fingerprint density at radius 1 is 1.00 bits per heavy atom. The van der Waals surface area contributed by atoms with Gasteiger partial charge in [0.2, 0.25) is 5.91 Å². The SMILES string of the molecule is C[C@@H](OC[C@@]1(c2ccccc2)CC=CC(=O)N1)c1cc(C(F)(F)F)cc(C(F)(F)F)c1. The van der Waals surface area contributed by atoms with Crippen LogP contribution in [0, 0.1) is 0 Å². The number of amides is 1. The third-order valence-electron chi connectivity index (χ3n) is 5.08. The van der Waals surface area contributed by atoms with Crippen molar-refractivity contribution in [2.24, 2.45) is 0 Å². The molecule has 2 atom stereocenters. The summed E-state index contributed by atoms with van der Waals surface area (Å²) in [6, 6.07) is 10.2. The zero-order valence-corrected chi connectivity index (χ0v) is 16.3. The van der Waals surface area contributed by atoms with E-state index in [4.69, 9.17) is 4.74 Å². The van der Waals surface area contributed by atoms with Crippen molar-refractivity contribution in [2.45, 2.75) is 37.3 Å². The van der Waals surface area contributed by atoms with Crippen LogP contribution in [-0.2, 0) is 27.4 Å². The molecule has 1 aliphatic heterocycles. The lowest BCUT2D eigenvalue weighted by molar-refractivity contribution is -0.143. The average molecular weight is 443 g/mol. The van der Waals surface area contributed by atoms with Crippen LogP contribution in [0.1, 0.15) is 41.7 Å². The molecule has 0 spiro atoms. The van der Waals surface area contributed by atoms with Gasteiger partial charge >= 0.3 is 12.4 Å². The number of nitrogens with one attached hydrogen (secondary N) is 1. The summed E-state index contributed by atoms with van der Waals surface area (Å²) in [6.07, 6.45) is -7.62. The summed E-state index contributed by atoms with van der Waals surface area (Å²) in [6.45, 7) is 1.22. The standard InChI is InChI=1S/C22H19F6NO2/c1-14(15-10-17(21(23,24)25)12-18(11-15)22(26,27)28)31-13-20(9-5-8-19(30)29-20)16-6-3-2-4-7-16/h2-8,10-12,14H,9,13H2,1H3,(H,29,30)/t14-,20-/m1/s1. The van der Waals surface area contributed by atoms with Gasteiger partial charge in [-0.3, -0.25) is 4.79 Å². The first kappa shape index (κ1) is 22.9. The van der Waals surface area contributed by atoms with Crippen LogP contribution in [0.3, 0.4) is 0 Å². The van der Waals surface area contributed by atoms with Gasteiger partial charge < -0.3 is 10.1 Å². The summed E-state index contributed by atoms with van der Waals surface area (Å²) >= 11 is 0. The fourth-order valence-electron chi connectivity index (χ4n) is 3.40. The molecule has 0 radical (unpaired) electrons. The van der Waals surface area contributed by atoms with E-state index in [1.54, 1.807) is 36.4 Å². The molecule has 1 aliphatic rings. The van der Waals surface area contributed by atoms with Gasteiger partial charge in [-0.1, -0.05) is 36.4 Å². The molecule has 2 aromatic rings. The summed E-state index contributed by atoms with van der Waals surface area (Å²) in [5.41, 5.74) is -3.35. The fourth-order valence-corrected chi connectivity index (χ4v) is 3.40. The third kappa shape index (κ3) is 5.28. The second-order valence-electron chi connectivity index (χ2n) is 7.34. The van der Waals surface area contributed by atoms with Gasteiger partial charge in [-0.2, -0.15) is 26.3 Å². The van der Waals surface area contributed by atoms with E-state index in [1.807, 2.05) is 0 Å². The highest BCUT2D eigenvalue weighted by atomic mass is 19.4. The molecule has 0 aliphatic carbocycles. The molecular formula is C22H19F6NO2. The number of benzene rings is 2. The average Bonchev–Trinajstić information content (AvgIpc) is 2.71. The van der Waals surface area contributed by atoms with E-state index in [1.165, 1.54) is 13.0 Å². The van der Waals surface area contributed by atoms with Gasteiger partial charge in [0.15, 0.2) is 0 Å². The minimum atomic E-state index is -4.94. The van der Waals surface area contributed by atoms with Crippen molar-refractivity contribution < 1.29 is 35.9 Å². The third-order valence-corrected chi connectivity index (χ3v) is 5.08. The molecule has 3 nitrogen and oxygen atoms in total. The maximum Gasteiger partial charge on any atom is 0.416 e. The van der Waals surface area contributed by atoms with E-state index in [9.17, 15) is 31.1 Å². The second kappa shape index (κ2) is 8.37. The molecule has 0 unspecified atom stereocenters. The van der Waals surface area contributed by atoms with Gasteiger partial charge in [0.25, 0.3) is 0 Å². The van der Waals surface area contributed by atoms with Crippen LogP contribution in [0.15, 0.2) is 60.7 Å². The van der Waals surface area contributed by atoms with Crippen LogP contribution in [0.4, 0.5) is 26.3 Å². The number of carbonyl (C=O) groups excluding carboxylic acids is 1. The largest absolute Gasteiger partial charge is 0.416 e. The highest BCUT2D eigenvalue weighted by Crippen LogP contribution is 2.38. The molecule has 0 saturated carbocycles. The van der Waals surface area contributed by atoms with Crippen molar-refractivity contribution in [3.05, 3.63) is 82.9 Å². The van der Waals surface area contributed by atoms with E-state index in [-0.39, 0.29) is 24.1 Å². The highest BCUT2D eigenvalue weighted by molar-refractivity contribution is 5.89. The number of halogens is 6. The number of alkyl halides is 6. The maximum absolute atomic E-state index is 13.1. The molecule has 0 fully saturated rings. The van der Waals surface area contributed by atoms with Gasteiger partial charge in [-0.05, 0) is 48.7 Å². The van der Waals surface area contributed by atoms with Gasteiger partial charge in [0, 0.05) is 0 Å². The predicted octanol–water partition coefficient (Wildman–Crippen LogP) is 5.77. The molecule has 31 heavy (non-hydrogen) atoms. The molecule has 9 heteroatoms. The summed E-state index contributed by atoms with van der Waals surface area (Å²) in [7, 11) is 0. The van der Waals surface area contributed by atoms with Crippen LogP contribution in [0.25, 0.3) is 0 Å². The summed E-state index contributed by atoms with van der Waals surface area (Å²) < 4.78 is 84.6. The fraction of sp³-hybridized carbons (Fsp3) is 0.318. The van der Waals surface area contributed by atoms with Crippen molar-refractivity contribution in [2.75, 3.05) is 6.61 Å². The van der Waals surface area contributed by atoms with Crippen LogP contribution >= 0.6 is 0 Å². The Kier molecular flexibility index (Phi) is 6.18. The number of rotatable bonds is 5. The highest BCUT2D eigenvalue weighted by Gasteiger charge is 2.38. The molecule has 1 N–H and O–H groups in total. The monoisotopic (exact) mass is 443 g/mol. The predicted molar refractivity (Wildman–Crippen MR) is 101 cm³/mol. The second-order valence-corrected chi connectivity index (χ2v) is 7.34. The molecule has 2 aromatic carbocycles. The number of hydrogen-bond acceptors (Lipinski definition) is 2. The maximum atomic E-state index is 13.1. The summed E-state index contributed by atoms with van der Waals surface area (Å²) in [4.78, 5) is 12.0. The Morgan fingerprint density at radius 3 is 2.10 bits per heavy atom. The normalized spacial score (nSPS) is 20.4. The first-order valence-corrected chi connectivity index (χ1v) is 9.36. The Labute approximate surface area is 174 Å². The van der Waals surface area contributed by atoms with E-state index in [2.05, 4.69) is 5.32 Å². The van der Waals surface area contributed by atoms with Crippen LogP contribution in [-0.4, -0.2) is 12.5 Å². The van der Waals surface area contributed by atoms with Gasteiger partial charge in [0.1, 0.15) is 0 Å². The lowest BCUT2D eigenvalue weighted by Crippen LogP contribution is -2.50. The van der Waals surface area contributed by atoms with Crippen LogP contribution in [0.5, 0.6) is 0 Å². The van der Waals surface area contributed by atoms with E-state index in [0.717, 1.165) is 0 Å². The van der Waals surface area contributed by atoms with Crippen molar-refractivity contribution in [3.8, 4) is 0 Å². The molecule has 3 rings (SSSR count). The van der Waals surface area contributed by atoms with E-state index >= 15 is 0 Å². The summed E-state index contributed by atoms with van der Waals surface area (Å²) in [5, 5.41) is 2.81. The lowest BCUT2D eigenvalue weighted by Gasteiger charge is -2.37. The zero-order chi connectivity index (χ0) is 22.9. The Bertz CT molecular complexity index is 936. The van der Waals surface area contributed by atoms with Crippen molar-refractivity contribution in [1.29, 1.82) is 0 Å². The number of ether oxygens (including phenoxy) is 1. The molecule has 1 heterocycles. The van der Waals surface area contributed by atoms with Gasteiger partial charge in [-0.15, -0.1) is 0 Å². The Morgan fingerprint density at radius 2 is 1.58 bits per heavy atom. The number of carbonyl (C=O) groups is 1. The Balaban J connectivity index is 1.90. The quantitative estimate of drug-likeness (QED) is 0.596. The zero-order valence-electron chi connectivity index (χ0n) is 16.3. The molecule has 0 bridgehead atoms. The minimum Gasteiger partial charge on any atom is -0.371 e. The van der Waals surface area contributed by atoms with E-state index < -0.39 is 35.1 Å². The molecular weight excluding hydrogens is 424 g/mol. The van der Waals surface area contributed by atoms with Gasteiger partial charge in [0.05, 0.1) is 29.4 Å². The summed E-state index contributed by atoms with van der Waals surface area (Å²) in [5.74, 6) is -0.371. The van der Waals surface area contributed by atoms with Crippen LogP contribution < -0.4 is 5.32 Å². The Hall–Kier alpha value is -2.81. The van der Waals surface area contributed by atoms with Gasteiger partial charge in [-0.25, -0.2) is 0 Å². The van der Waals surface area contributed by atoms with Crippen molar-refractivity contribution >= 4 is 5.91 Å². The topological polar surface area (TPSA) is 38.3 Å². The van der Waals surface area contributed by atoms with E-state index in [0.29, 0.717) is 24.1 Å². The smallest absolute Gasteiger partial charge is 0.371 e.